The van der Waals surface area contributed by atoms with Crippen molar-refractivity contribution in [3.63, 3.8) is 0 Å². The summed E-state index contributed by atoms with van der Waals surface area (Å²) >= 11 is 9.32. The molecule has 0 fully saturated rings. The highest BCUT2D eigenvalue weighted by atomic mass is 79.9. The molecule has 2 aromatic rings. The second kappa shape index (κ2) is 4.60. The van der Waals surface area contributed by atoms with E-state index in [1.54, 1.807) is 0 Å². The van der Waals surface area contributed by atoms with Crippen molar-refractivity contribution in [2.24, 2.45) is 0 Å². The molecule has 1 aromatic heterocycles. The van der Waals surface area contributed by atoms with Crippen molar-refractivity contribution in [3.8, 4) is 5.69 Å². The van der Waals surface area contributed by atoms with Gasteiger partial charge in [-0.05, 0) is 53.0 Å². The Hall–Kier alpha value is -0.800. The molecule has 0 aliphatic rings. The van der Waals surface area contributed by atoms with Crippen molar-refractivity contribution in [1.82, 2.24) is 9.78 Å². The third-order valence-corrected chi connectivity index (χ3v) is 3.29. The standard InChI is InChI=1S/C12H12BrClN2/c1-8-5-9(2)12(11(13)6-8)16-4-3-10(7-14)15-16/h3-6H,7H2,1-2H3. The topological polar surface area (TPSA) is 17.8 Å². The van der Waals surface area contributed by atoms with Gasteiger partial charge in [0.15, 0.2) is 0 Å². The number of rotatable bonds is 2. The fourth-order valence-electron chi connectivity index (χ4n) is 1.76. The van der Waals surface area contributed by atoms with Crippen molar-refractivity contribution in [2.45, 2.75) is 19.7 Å². The molecule has 0 aliphatic carbocycles. The number of hydrogen-bond acceptors (Lipinski definition) is 1. The molecule has 1 aromatic carbocycles. The van der Waals surface area contributed by atoms with E-state index < -0.39 is 0 Å². The van der Waals surface area contributed by atoms with E-state index >= 15 is 0 Å². The van der Waals surface area contributed by atoms with Gasteiger partial charge >= 0.3 is 0 Å². The quantitative estimate of drug-likeness (QED) is 0.767. The molecule has 0 atom stereocenters. The molecule has 0 amide bonds. The van der Waals surface area contributed by atoms with Crippen LogP contribution in [0.1, 0.15) is 16.8 Å². The van der Waals surface area contributed by atoms with Gasteiger partial charge in [-0.2, -0.15) is 5.10 Å². The molecule has 2 rings (SSSR count). The zero-order valence-electron chi connectivity index (χ0n) is 9.17. The number of nitrogens with zero attached hydrogens (tertiary/aromatic N) is 2. The first-order chi connectivity index (χ1) is 7.61. The van der Waals surface area contributed by atoms with Crippen LogP contribution in [0, 0.1) is 13.8 Å². The van der Waals surface area contributed by atoms with Crippen molar-refractivity contribution in [3.05, 3.63) is 45.7 Å². The van der Waals surface area contributed by atoms with E-state index in [1.807, 2.05) is 16.9 Å². The fraction of sp³-hybridized carbons (Fsp3) is 0.250. The van der Waals surface area contributed by atoms with Crippen LogP contribution in [-0.2, 0) is 5.88 Å². The molecular weight excluding hydrogens is 288 g/mol. The minimum atomic E-state index is 0.440. The minimum Gasteiger partial charge on any atom is -0.239 e. The summed E-state index contributed by atoms with van der Waals surface area (Å²) in [6.07, 6.45) is 1.93. The van der Waals surface area contributed by atoms with E-state index in [1.165, 1.54) is 11.1 Å². The van der Waals surface area contributed by atoms with E-state index in [2.05, 4.69) is 47.0 Å². The maximum atomic E-state index is 5.74. The number of aryl methyl sites for hydroxylation is 2. The van der Waals surface area contributed by atoms with Gasteiger partial charge in [0.05, 0.1) is 17.3 Å². The number of halogens is 2. The normalized spacial score (nSPS) is 10.8. The lowest BCUT2D eigenvalue weighted by atomic mass is 10.1. The summed E-state index contributed by atoms with van der Waals surface area (Å²) in [7, 11) is 0. The summed E-state index contributed by atoms with van der Waals surface area (Å²) in [6, 6.07) is 6.16. The molecule has 84 valence electrons. The largest absolute Gasteiger partial charge is 0.239 e. The number of aromatic nitrogens is 2. The predicted molar refractivity (Wildman–Crippen MR) is 70.3 cm³/mol. The number of alkyl halides is 1. The number of hydrogen-bond donors (Lipinski definition) is 0. The highest BCUT2D eigenvalue weighted by Gasteiger charge is 2.08. The van der Waals surface area contributed by atoms with E-state index in [4.69, 9.17) is 11.6 Å². The molecule has 0 saturated carbocycles. The van der Waals surface area contributed by atoms with Crippen molar-refractivity contribution < 1.29 is 0 Å². The Balaban J connectivity index is 2.55. The third kappa shape index (κ3) is 2.15. The molecule has 0 unspecified atom stereocenters. The summed E-state index contributed by atoms with van der Waals surface area (Å²) < 4.78 is 2.91. The molecule has 0 aliphatic heterocycles. The van der Waals surface area contributed by atoms with Crippen molar-refractivity contribution in [2.75, 3.05) is 0 Å². The Morgan fingerprint density at radius 3 is 2.69 bits per heavy atom. The summed E-state index contributed by atoms with van der Waals surface area (Å²) in [5, 5.41) is 4.41. The van der Waals surface area contributed by atoms with Crippen LogP contribution in [-0.4, -0.2) is 9.78 Å². The molecule has 1 heterocycles. The van der Waals surface area contributed by atoms with Gasteiger partial charge in [-0.3, -0.25) is 0 Å². The molecular formula is C12H12BrClN2. The zero-order chi connectivity index (χ0) is 11.7. The Morgan fingerprint density at radius 2 is 2.12 bits per heavy atom. The Morgan fingerprint density at radius 1 is 1.38 bits per heavy atom. The van der Waals surface area contributed by atoms with Gasteiger partial charge in [0, 0.05) is 10.7 Å². The first-order valence-corrected chi connectivity index (χ1v) is 6.32. The molecule has 0 spiro atoms. The van der Waals surface area contributed by atoms with E-state index in [-0.39, 0.29) is 0 Å². The summed E-state index contributed by atoms with van der Waals surface area (Å²) in [6.45, 7) is 4.16. The zero-order valence-corrected chi connectivity index (χ0v) is 11.5. The fourth-order valence-corrected chi connectivity index (χ4v) is 2.75. The lowest BCUT2D eigenvalue weighted by Crippen LogP contribution is -2.00. The van der Waals surface area contributed by atoms with Gasteiger partial charge in [0.1, 0.15) is 0 Å². The Kier molecular flexibility index (Phi) is 3.36. The Labute approximate surface area is 108 Å². The monoisotopic (exact) mass is 298 g/mol. The molecule has 4 heteroatoms. The van der Waals surface area contributed by atoms with Crippen LogP contribution >= 0.6 is 27.5 Å². The highest BCUT2D eigenvalue weighted by Crippen LogP contribution is 2.26. The van der Waals surface area contributed by atoms with Crippen LogP contribution in [0.3, 0.4) is 0 Å². The second-order valence-electron chi connectivity index (χ2n) is 3.80. The van der Waals surface area contributed by atoms with Gasteiger partial charge in [-0.15, -0.1) is 11.6 Å². The third-order valence-electron chi connectivity index (χ3n) is 2.41. The molecule has 16 heavy (non-hydrogen) atoms. The minimum absolute atomic E-state index is 0.440. The summed E-state index contributed by atoms with van der Waals surface area (Å²) in [5.74, 6) is 0.440. The lowest BCUT2D eigenvalue weighted by molar-refractivity contribution is 0.847. The van der Waals surface area contributed by atoms with Crippen LogP contribution in [0.5, 0.6) is 0 Å². The molecule has 0 radical (unpaired) electrons. The van der Waals surface area contributed by atoms with Gasteiger partial charge < -0.3 is 0 Å². The summed E-state index contributed by atoms with van der Waals surface area (Å²) in [5.41, 5.74) is 4.38. The van der Waals surface area contributed by atoms with Crippen LogP contribution in [0.2, 0.25) is 0 Å². The molecule has 2 nitrogen and oxygen atoms in total. The first-order valence-electron chi connectivity index (χ1n) is 4.99. The van der Waals surface area contributed by atoms with Gasteiger partial charge in [0.2, 0.25) is 0 Å². The predicted octanol–water partition coefficient (Wildman–Crippen LogP) is 3.99. The first kappa shape index (κ1) is 11.7. The van der Waals surface area contributed by atoms with Crippen molar-refractivity contribution in [1.29, 1.82) is 0 Å². The van der Waals surface area contributed by atoms with E-state index in [0.717, 1.165) is 15.9 Å². The maximum Gasteiger partial charge on any atom is 0.0816 e. The van der Waals surface area contributed by atoms with Gasteiger partial charge in [-0.1, -0.05) is 6.07 Å². The van der Waals surface area contributed by atoms with Crippen LogP contribution < -0.4 is 0 Å². The van der Waals surface area contributed by atoms with Gasteiger partial charge in [-0.25, -0.2) is 4.68 Å². The number of benzene rings is 1. The second-order valence-corrected chi connectivity index (χ2v) is 4.92. The average Bonchev–Trinajstić information content (AvgIpc) is 2.64. The van der Waals surface area contributed by atoms with E-state index in [0.29, 0.717) is 5.88 Å². The lowest BCUT2D eigenvalue weighted by Gasteiger charge is -2.09. The van der Waals surface area contributed by atoms with Crippen LogP contribution in [0.15, 0.2) is 28.9 Å². The molecule has 0 N–H and O–H groups in total. The van der Waals surface area contributed by atoms with Gasteiger partial charge in [0.25, 0.3) is 0 Å². The molecule has 0 bridgehead atoms. The van der Waals surface area contributed by atoms with Crippen LogP contribution in [0.4, 0.5) is 0 Å². The smallest absolute Gasteiger partial charge is 0.0816 e. The molecule has 0 saturated heterocycles. The average molecular weight is 300 g/mol. The van der Waals surface area contributed by atoms with E-state index in [9.17, 15) is 0 Å². The maximum absolute atomic E-state index is 5.74. The SMILES string of the molecule is Cc1cc(C)c(-n2ccc(CCl)n2)c(Br)c1. The highest BCUT2D eigenvalue weighted by molar-refractivity contribution is 9.10. The summed E-state index contributed by atoms with van der Waals surface area (Å²) in [4.78, 5) is 0. The van der Waals surface area contributed by atoms with Crippen molar-refractivity contribution >= 4 is 27.5 Å². The Bertz CT molecular complexity index is 496. The van der Waals surface area contributed by atoms with Crippen LogP contribution in [0.25, 0.3) is 5.69 Å².